The Balaban J connectivity index is 1.83. The van der Waals surface area contributed by atoms with Gasteiger partial charge in [0, 0.05) is 45.5 Å². The van der Waals surface area contributed by atoms with Gasteiger partial charge in [-0.15, -0.1) is 0 Å². The first kappa shape index (κ1) is 17.2. The van der Waals surface area contributed by atoms with Gasteiger partial charge in [0.2, 0.25) is 0 Å². The molecule has 7 heteroatoms. The van der Waals surface area contributed by atoms with Crippen molar-refractivity contribution >= 4 is 17.3 Å². The molecule has 2 rings (SSSR count). The minimum atomic E-state index is -0.474. The van der Waals surface area contributed by atoms with E-state index in [1.807, 2.05) is 0 Å². The molecule has 1 N–H and O–H groups in total. The van der Waals surface area contributed by atoms with Gasteiger partial charge in [-0.1, -0.05) is 0 Å². The molecule has 0 aromatic heterocycles. The van der Waals surface area contributed by atoms with Gasteiger partial charge in [-0.25, -0.2) is 0 Å². The van der Waals surface area contributed by atoms with Crippen molar-refractivity contribution in [3.63, 3.8) is 0 Å². The summed E-state index contributed by atoms with van der Waals surface area (Å²) in [6.07, 6.45) is 3.26. The standard InChI is InChI=1S/C16H23N3O4/c1-18(2)14-7-6-13(10-15(14)19(21)22)16(20)17-8-3-9-23-11-12-4-5-12/h6-7,10,12H,3-5,8-9,11H2,1-2H3,(H,17,20). The smallest absolute Gasteiger partial charge is 0.293 e. The molecule has 0 aliphatic heterocycles. The maximum atomic E-state index is 12.1. The summed E-state index contributed by atoms with van der Waals surface area (Å²) in [6.45, 7) is 1.93. The molecule has 1 aliphatic rings. The number of amides is 1. The maximum absolute atomic E-state index is 12.1. The number of hydrogen-bond acceptors (Lipinski definition) is 5. The molecule has 1 aliphatic carbocycles. The van der Waals surface area contributed by atoms with E-state index in [0.717, 1.165) is 18.9 Å². The van der Waals surface area contributed by atoms with Crippen molar-refractivity contribution in [1.29, 1.82) is 0 Å². The van der Waals surface area contributed by atoms with Crippen molar-refractivity contribution in [2.75, 3.05) is 38.8 Å². The number of anilines is 1. The van der Waals surface area contributed by atoms with E-state index in [1.165, 1.54) is 18.9 Å². The fraction of sp³-hybridized carbons (Fsp3) is 0.562. The lowest BCUT2D eigenvalue weighted by Gasteiger charge is -2.13. The van der Waals surface area contributed by atoms with Crippen LogP contribution in [0.1, 0.15) is 29.6 Å². The number of benzene rings is 1. The van der Waals surface area contributed by atoms with Gasteiger partial charge in [0.25, 0.3) is 11.6 Å². The summed E-state index contributed by atoms with van der Waals surface area (Å²) in [6, 6.07) is 4.50. The van der Waals surface area contributed by atoms with Gasteiger partial charge >= 0.3 is 0 Å². The van der Waals surface area contributed by atoms with E-state index in [-0.39, 0.29) is 11.6 Å². The monoisotopic (exact) mass is 321 g/mol. The number of ether oxygens (including phenoxy) is 1. The Hall–Kier alpha value is -2.15. The average Bonchev–Trinajstić information content (AvgIpc) is 3.33. The molecule has 23 heavy (non-hydrogen) atoms. The van der Waals surface area contributed by atoms with Crippen LogP contribution in [0.2, 0.25) is 0 Å². The van der Waals surface area contributed by atoms with Gasteiger partial charge in [-0.05, 0) is 37.3 Å². The third-order valence-corrected chi connectivity index (χ3v) is 3.72. The molecule has 0 spiro atoms. The number of carbonyl (C=O) groups excluding carboxylic acids is 1. The second kappa shape index (κ2) is 7.92. The summed E-state index contributed by atoms with van der Waals surface area (Å²) in [5.74, 6) is 0.431. The van der Waals surface area contributed by atoms with Crippen LogP contribution in [-0.2, 0) is 4.74 Å². The summed E-state index contributed by atoms with van der Waals surface area (Å²) in [5, 5.41) is 13.9. The predicted octanol–water partition coefficient (Wildman–Crippen LogP) is 2.21. The highest BCUT2D eigenvalue weighted by Gasteiger charge is 2.21. The normalized spacial score (nSPS) is 13.7. The van der Waals surface area contributed by atoms with Crippen LogP contribution in [0.4, 0.5) is 11.4 Å². The molecule has 0 bridgehead atoms. The van der Waals surface area contributed by atoms with Gasteiger partial charge < -0.3 is 15.0 Å². The molecule has 7 nitrogen and oxygen atoms in total. The molecule has 0 radical (unpaired) electrons. The van der Waals surface area contributed by atoms with Gasteiger partial charge in [0.1, 0.15) is 5.69 Å². The van der Waals surface area contributed by atoms with Crippen molar-refractivity contribution in [3.05, 3.63) is 33.9 Å². The van der Waals surface area contributed by atoms with E-state index < -0.39 is 4.92 Å². The van der Waals surface area contributed by atoms with E-state index in [9.17, 15) is 14.9 Å². The van der Waals surface area contributed by atoms with Crippen molar-refractivity contribution in [3.8, 4) is 0 Å². The van der Waals surface area contributed by atoms with E-state index in [4.69, 9.17) is 4.74 Å². The molecule has 1 amide bonds. The quantitative estimate of drug-likeness (QED) is 0.428. The Morgan fingerprint density at radius 2 is 2.17 bits per heavy atom. The fourth-order valence-corrected chi connectivity index (χ4v) is 2.20. The van der Waals surface area contributed by atoms with E-state index >= 15 is 0 Å². The molecular weight excluding hydrogens is 298 g/mol. The summed E-state index contributed by atoms with van der Waals surface area (Å²) in [7, 11) is 3.45. The molecule has 1 fully saturated rings. The zero-order chi connectivity index (χ0) is 16.8. The third-order valence-electron chi connectivity index (χ3n) is 3.72. The van der Waals surface area contributed by atoms with Gasteiger partial charge in [-0.3, -0.25) is 14.9 Å². The average molecular weight is 321 g/mol. The van der Waals surface area contributed by atoms with E-state index in [1.54, 1.807) is 31.1 Å². The number of hydrogen-bond donors (Lipinski definition) is 1. The van der Waals surface area contributed by atoms with Crippen LogP contribution in [-0.4, -0.2) is 44.7 Å². The van der Waals surface area contributed by atoms with Crippen LogP contribution in [0.15, 0.2) is 18.2 Å². The van der Waals surface area contributed by atoms with Crippen LogP contribution in [0, 0.1) is 16.0 Å². The highest BCUT2D eigenvalue weighted by Crippen LogP contribution is 2.29. The largest absolute Gasteiger partial charge is 0.381 e. The Labute approximate surface area is 135 Å². The van der Waals surface area contributed by atoms with Crippen molar-refractivity contribution in [2.24, 2.45) is 5.92 Å². The lowest BCUT2D eigenvalue weighted by molar-refractivity contribution is -0.384. The molecule has 126 valence electrons. The van der Waals surface area contributed by atoms with Crippen molar-refractivity contribution < 1.29 is 14.5 Å². The minimum Gasteiger partial charge on any atom is -0.381 e. The number of nitrogens with one attached hydrogen (secondary N) is 1. The number of nitro benzene ring substituents is 1. The summed E-state index contributed by atoms with van der Waals surface area (Å²) < 4.78 is 5.49. The lowest BCUT2D eigenvalue weighted by atomic mass is 10.1. The van der Waals surface area contributed by atoms with Crippen molar-refractivity contribution in [1.82, 2.24) is 5.32 Å². The van der Waals surface area contributed by atoms with E-state index in [2.05, 4.69) is 5.32 Å². The molecule has 0 saturated heterocycles. The molecule has 1 aromatic carbocycles. The summed E-state index contributed by atoms with van der Waals surface area (Å²) in [4.78, 5) is 24.4. The number of nitro groups is 1. The second-order valence-electron chi connectivity index (χ2n) is 5.98. The van der Waals surface area contributed by atoms with Crippen molar-refractivity contribution in [2.45, 2.75) is 19.3 Å². The first-order valence-electron chi connectivity index (χ1n) is 7.80. The molecule has 1 aromatic rings. The highest BCUT2D eigenvalue weighted by molar-refractivity contribution is 5.95. The summed E-state index contributed by atoms with van der Waals surface area (Å²) >= 11 is 0. The van der Waals surface area contributed by atoms with Gasteiger partial charge in [0.15, 0.2) is 0 Å². The Morgan fingerprint density at radius 3 is 2.78 bits per heavy atom. The van der Waals surface area contributed by atoms with Crippen LogP contribution < -0.4 is 10.2 Å². The van der Waals surface area contributed by atoms with Gasteiger partial charge in [-0.2, -0.15) is 0 Å². The van der Waals surface area contributed by atoms with Crippen LogP contribution in [0.5, 0.6) is 0 Å². The van der Waals surface area contributed by atoms with Crippen LogP contribution >= 0.6 is 0 Å². The zero-order valence-corrected chi connectivity index (χ0v) is 13.6. The Kier molecular flexibility index (Phi) is 5.92. The first-order valence-corrected chi connectivity index (χ1v) is 7.80. The minimum absolute atomic E-state index is 0.0737. The number of carbonyl (C=O) groups is 1. The molecule has 0 atom stereocenters. The second-order valence-corrected chi connectivity index (χ2v) is 5.98. The first-order chi connectivity index (χ1) is 11.0. The molecular formula is C16H23N3O4. The maximum Gasteiger partial charge on any atom is 0.293 e. The van der Waals surface area contributed by atoms with E-state index in [0.29, 0.717) is 24.4 Å². The van der Waals surface area contributed by atoms with Crippen LogP contribution in [0.3, 0.4) is 0 Å². The topological polar surface area (TPSA) is 84.7 Å². The SMILES string of the molecule is CN(C)c1ccc(C(=O)NCCCOCC2CC2)cc1[N+](=O)[O-]. The fourth-order valence-electron chi connectivity index (χ4n) is 2.20. The highest BCUT2D eigenvalue weighted by atomic mass is 16.6. The number of nitrogens with zero attached hydrogens (tertiary/aromatic N) is 2. The Bertz CT molecular complexity index is 570. The molecule has 0 unspecified atom stereocenters. The zero-order valence-electron chi connectivity index (χ0n) is 13.6. The van der Waals surface area contributed by atoms with Gasteiger partial charge in [0.05, 0.1) is 4.92 Å². The molecule has 1 saturated carbocycles. The Morgan fingerprint density at radius 1 is 1.43 bits per heavy atom. The lowest BCUT2D eigenvalue weighted by Crippen LogP contribution is -2.25. The molecule has 0 heterocycles. The van der Waals surface area contributed by atoms with Crippen LogP contribution in [0.25, 0.3) is 0 Å². The predicted molar refractivity (Wildman–Crippen MR) is 87.9 cm³/mol. The number of rotatable bonds is 9. The third kappa shape index (κ3) is 5.21. The summed E-state index contributed by atoms with van der Waals surface area (Å²) in [5.41, 5.74) is 0.691.